The highest BCUT2D eigenvalue weighted by atomic mass is 19.4. The Hall–Kier alpha value is -11.4. The highest BCUT2D eigenvalue weighted by Gasteiger charge is 2.47. The Bertz CT molecular complexity index is 5930. The molecule has 20 nitrogen and oxygen atoms in total. The Balaban J connectivity index is 0.000000152. The van der Waals surface area contributed by atoms with Gasteiger partial charge in [0.05, 0.1) is 39.2 Å². The number of amides is 5. The molecule has 10 aromatic rings. The second kappa shape index (κ2) is 34.2. The molecule has 33 heteroatoms. The molecule has 0 radical (unpaired) electrons. The summed E-state index contributed by atoms with van der Waals surface area (Å²) in [5.41, 5.74) is 6.95. The molecular formula is C92H106F13N15O5. The predicted octanol–water partition coefficient (Wildman–Crippen LogP) is 22.2. The second-order valence-electron chi connectivity index (χ2n) is 37.0. The lowest BCUT2D eigenvalue weighted by Crippen LogP contribution is -2.20. The van der Waals surface area contributed by atoms with Gasteiger partial charge in [0.15, 0.2) is 11.4 Å². The number of benzene rings is 5. The van der Waals surface area contributed by atoms with Crippen molar-refractivity contribution >= 4 is 58.0 Å². The number of anilines is 5. The van der Waals surface area contributed by atoms with Gasteiger partial charge in [-0.2, -0.15) is 51.8 Å². The quantitative estimate of drug-likeness (QED) is 0.0768. The van der Waals surface area contributed by atoms with E-state index in [-0.39, 0.29) is 98.0 Å². The molecule has 0 bridgehead atoms. The maximum Gasteiger partial charge on any atom is 0.435 e. The van der Waals surface area contributed by atoms with Crippen LogP contribution < -0.4 is 26.6 Å². The van der Waals surface area contributed by atoms with Crippen LogP contribution in [0.5, 0.6) is 0 Å². The molecule has 0 spiro atoms. The van der Waals surface area contributed by atoms with E-state index in [9.17, 15) is 81.0 Å². The third-order valence-electron chi connectivity index (χ3n) is 24.6. The SMILES string of the molecule is CC1CC(C)(C)c2c(F)ccc(NC(=O)c3cn(C)nc3C(F)(F)F)c21.CC1CC(C)(C)c2c(F)ccc(NC(=O)c3cn(C)nc3C(F)F)c21.Cc1c(C(=O)Nc2ccc(F)c3c2C(C)CC3(C)C)c(C(F)(F)F)nn1C.Cc1nn(C)c(C)c1C(=O)Nc1ccc(F)c2c1C(C)CC2(C)C.Cc1nn(C)cc1C(=O)Nc1ccc(F)c2c1C(C)CC2(C)C. The first-order valence-electron chi connectivity index (χ1n) is 41.0. The van der Waals surface area contributed by atoms with Gasteiger partial charge in [0.1, 0.15) is 34.8 Å². The molecule has 5 heterocycles. The van der Waals surface area contributed by atoms with E-state index in [1.807, 2.05) is 83.2 Å². The van der Waals surface area contributed by atoms with Crippen molar-refractivity contribution in [2.24, 2.45) is 35.2 Å². The zero-order valence-corrected chi connectivity index (χ0v) is 74.4. The highest BCUT2D eigenvalue weighted by molar-refractivity contribution is 6.09. The number of carbonyl (C=O) groups excluding carboxylic acids is 5. The summed E-state index contributed by atoms with van der Waals surface area (Å²) in [5.74, 6) is -3.91. The number of nitrogens with one attached hydrogen (secondary N) is 5. The van der Waals surface area contributed by atoms with Crippen molar-refractivity contribution < 1.29 is 81.0 Å². The number of fused-ring (bicyclic) bond motifs is 5. The largest absolute Gasteiger partial charge is 0.435 e. The zero-order valence-electron chi connectivity index (χ0n) is 74.4. The van der Waals surface area contributed by atoms with Crippen LogP contribution in [-0.4, -0.2) is 78.4 Å². The average Bonchev–Trinajstić information content (AvgIpc) is 1.62. The van der Waals surface area contributed by atoms with Gasteiger partial charge in [0.2, 0.25) is 0 Å². The van der Waals surface area contributed by atoms with Gasteiger partial charge in [0.25, 0.3) is 36.0 Å². The monoisotopic (exact) mass is 1750 g/mol. The van der Waals surface area contributed by atoms with Crippen LogP contribution in [0.1, 0.15) is 319 Å². The van der Waals surface area contributed by atoms with Crippen molar-refractivity contribution in [2.75, 3.05) is 26.6 Å². The number of carbonyl (C=O) groups is 5. The van der Waals surface area contributed by atoms with Crippen molar-refractivity contribution in [3.63, 3.8) is 0 Å². The maximum absolute atomic E-state index is 14.4. The van der Waals surface area contributed by atoms with Crippen molar-refractivity contribution in [1.82, 2.24) is 48.9 Å². The number of halogens is 13. The van der Waals surface area contributed by atoms with Gasteiger partial charge in [-0.05, 0) is 233 Å². The molecule has 5 unspecified atom stereocenters. The third kappa shape index (κ3) is 18.5. The minimum absolute atomic E-state index is 0.0259. The summed E-state index contributed by atoms with van der Waals surface area (Å²) in [6, 6.07) is 14.3. The van der Waals surface area contributed by atoms with Crippen molar-refractivity contribution in [3.8, 4) is 0 Å². The Morgan fingerprint density at radius 3 is 0.912 bits per heavy atom. The first kappa shape index (κ1) is 94.3. The third-order valence-corrected chi connectivity index (χ3v) is 24.6. The Labute approximate surface area is 717 Å². The average molecular weight is 1750 g/mol. The molecule has 5 aliphatic carbocycles. The maximum atomic E-state index is 14.4. The van der Waals surface area contributed by atoms with E-state index in [0.29, 0.717) is 91.6 Å². The van der Waals surface area contributed by atoms with Gasteiger partial charge >= 0.3 is 12.4 Å². The van der Waals surface area contributed by atoms with Crippen molar-refractivity contribution in [1.29, 1.82) is 0 Å². The smallest absolute Gasteiger partial charge is 0.322 e. The molecule has 5 atom stereocenters. The first-order valence-corrected chi connectivity index (χ1v) is 41.0. The normalized spacial score (nSPS) is 18.6. The van der Waals surface area contributed by atoms with E-state index in [1.54, 1.807) is 41.7 Å². The topological polar surface area (TPSA) is 235 Å². The van der Waals surface area contributed by atoms with E-state index >= 15 is 0 Å². The number of aryl methyl sites for hydroxylation is 7. The number of nitrogens with zero attached hydrogens (tertiary/aromatic N) is 10. The Kier molecular flexibility index (Phi) is 25.8. The number of alkyl halides is 8. The molecule has 125 heavy (non-hydrogen) atoms. The minimum Gasteiger partial charge on any atom is -0.322 e. The molecule has 0 saturated carbocycles. The Morgan fingerprint density at radius 1 is 0.352 bits per heavy atom. The molecule has 5 aromatic carbocycles. The lowest BCUT2D eigenvalue weighted by Gasteiger charge is -2.20. The zero-order chi connectivity index (χ0) is 93.0. The van der Waals surface area contributed by atoms with Crippen molar-refractivity contribution in [2.45, 2.75) is 239 Å². The minimum atomic E-state index is -4.75. The van der Waals surface area contributed by atoms with Crippen LogP contribution in [0.25, 0.3) is 0 Å². The summed E-state index contributed by atoms with van der Waals surface area (Å²) >= 11 is 0. The fourth-order valence-electron chi connectivity index (χ4n) is 20.0. The van der Waals surface area contributed by atoms with Gasteiger partial charge in [-0.3, -0.25) is 47.4 Å². The molecule has 15 rings (SSSR count). The van der Waals surface area contributed by atoms with Crippen LogP contribution in [0, 0.1) is 56.8 Å². The first-order chi connectivity index (χ1) is 57.7. The lowest BCUT2D eigenvalue weighted by molar-refractivity contribution is -0.142. The molecule has 0 aliphatic heterocycles. The van der Waals surface area contributed by atoms with Crippen LogP contribution in [0.15, 0.2) is 79.3 Å². The fourth-order valence-corrected chi connectivity index (χ4v) is 20.0. The van der Waals surface area contributed by atoms with Crippen LogP contribution in [-0.2, 0) is 74.7 Å². The van der Waals surface area contributed by atoms with Gasteiger partial charge < -0.3 is 26.6 Å². The number of hydrogen-bond donors (Lipinski definition) is 5. The van der Waals surface area contributed by atoms with E-state index in [0.717, 1.165) is 68.3 Å². The highest BCUT2D eigenvalue weighted by Crippen LogP contribution is 2.55. The van der Waals surface area contributed by atoms with E-state index in [2.05, 4.69) is 93.6 Å². The number of rotatable bonds is 11. The van der Waals surface area contributed by atoms with E-state index in [4.69, 9.17) is 0 Å². The van der Waals surface area contributed by atoms with Crippen molar-refractivity contribution in [3.05, 3.63) is 232 Å². The molecular weight excluding hydrogens is 1640 g/mol. The summed E-state index contributed by atoms with van der Waals surface area (Å²) < 4.78 is 184. The van der Waals surface area contributed by atoms with Gasteiger partial charge in [-0.15, -0.1) is 0 Å². The van der Waals surface area contributed by atoms with E-state index in [1.165, 1.54) is 87.5 Å². The summed E-state index contributed by atoms with van der Waals surface area (Å²) in [5, 5.41) is 32.6. The summed E-state index contributed by atoms with van der Waals surface area (Å²) in [6.07, 6.45) is -4.49. The van der Waals surface area contributed by atoms with Crippen LogP contribution in [0.3, 0.4) is 0 Å². The summed E-state index contributed by atoms with van der Waals surface area (Å²) in [4.78, 5) is 63.0. The number of aromatic nitrogens is 10. The fraction of sp³-hybridized carbons (Fsp3) is 0.457. The Morgan fingerprint density at radius 2 is 0.616 bits per heavy atom. The summed E-state index contributed by atoms with van der Waals surface area (Å²) in [6.45, 7) is 36.6. The standard InChI is InChI=1S/C19H21F4N3O.C19H24FN3O.C18H19F4N3O.C18H20F3N3O.C18H22FN3O/c1-9-8-18(3,4)15-11(20)6-7-12(13(9)15)24-17(27)14-10(2)26(5)25-16(14)19(21,22)23;1-10-9-19(4,5)17-13(20)7-8-14(15(10)17)21-18(24)16-11(2)22-23(6)12(16)3;1-9-7-17(2,3)14-11(19)5-6-12(13(9)14)23-16(26)10-8-25(4)24-15(10)18(20,21)22;1-9-7-18(2,3)14-11(19)5-6-12(13(9)14)22-17(25)10-8-24(4)23-15(10)16(20)21;1-10-8-18(3,4)16-13(19)6-7-14(15(10)16)20-17(23)12-9-22(5)21-11(12)2/h6-7,9H,8H2,1-5H3,(H,24,27);7-8,10H,9H2,1-6H3,(H,21,24);5-6,8-9H,7H2,1-4H3,(H,23,26);5-6,8-9,16H,7H2,1-4H3,(H,22,25);6-7,9-10H,8H2,1-5H3,(H,20,23). The second-order valence-corrected chi connectivity index (χ2v) is 37.0. The van der Waals surface area contributed by atoms with Crippen LogP contribution in [0.2, 0.25) is 0 Å². The van der Waals surface area contributed by atoms with Crippen LogP contribution in [0.4, 0.5) is 85.5 Å². The summed E-state index contributed by atoms with van der Waals surface area (Å²) in [7, 11) is 7.74. The number of hydrogen-bond acceptors (Lipinski definition) is 10. The predicted molar refractivity (Wildman–Crippen MR) is 452 cm³/mol. The molecule has 5 aromatic heterocycles. The van der Waals surface area contributed by atoms with Gasteiger partial charge in [-0.25, -0.2) is 30.7 Å². The van der Waals surface area contributed by atoms with Gasteiger partial charge in [0, 0.05) is 93.7 Å². The van der Waals surface area contributed by atoms with E-state index < -0.39 is 75.5 Å². The molecule has 5 aliphatic rings. The molecule has 5 amide bonds. The molecule has 0 saturated heterocycles. The molecule has 670 valence electrons. The van der Waals surface area contributed by atoms with Crippen LogP contribution >= 0.6 is 0 Å². The molecule has 0 fully saturated rings. The molecule has 5 N–H and O–H groups in total. The lowest BCUT2D eigenvalue weighted by atomic mass is 9.85. The van der Waals surface area contributed by atoms with Gasteiger partial charge in [-0.1, -0.05) is 104 Å².